The molecule has 4 saturated heterocycles. The van der Waals surface area contributed by atoms with Crippen molar-refractivity contribution >= 4 is 58.6 Å². The van der Waals surface area contributed by atoms with E-state index in [4.69, 9.17) is 74.8 Å². The van der Waals surface area contributed by atoms with Gasteiger partial charge in [0.2, 0.25) is 0 Å². The Labute approximate surface area is 313 Å². The number of aliphatic hydroxyl groups excluding tert-OH is 1. The Kier molecular flexibility index (Phi) is 17.0. The van der Waals surface area contributed by atoms with Gasteiger partial charge in [-0.15, -0.1) is 11.6 Å². The summed E-state index contributed by atoms with van der Waals surface area (Å²) in [6.07, 6.45) is 1.95. The zero-order valence-corrected chi connectivity index (χ0v) is 31.0. The van der Waals surface area contributed by atoms with Gasteiger partial charge >= 0.3 is 12.2 Å². The maximum Gasteiger partial charge on any atom is 0.410 e. The zero-order chi connectivity index (χ0) is 35.8. The van der Waals surface area contributed by atoms with Gasteiger partial charge in [0.25, 0.3) is 0 Å². The average Bonchev–Trinajstić information content (AvgIpc) is 3.80. The molecular weight excluding hydrogens is 734 g/mol. The van der Waals surface area contributed by atoms with Crippen molar-refractivity contribution in [3.8, 4) is 0 Å². The van der Waals surface area contributed by atoms with Gasteiger partial charge in [0.05, 0.1) is 26.4 Å². The number of piperidine rings is 2. The summed E-state index contributed by atoms with van der Waals surface area (Å²) >= 11 is 20.3. The topological polar surface area (TPSA) is 116 Å². The van der Waals surface area contributed by atoms with Crippen LogP contribution in [0.25, 0.3) is 0 Å². The third kappa shape index (κ3) is 12.0. The molecule has 4 fully saturated rings. The first-order valence-electron chi connectivity index (χ1n) is 16.8. The quantitative estimate of drug-likeness (QED) is 0.290. The molecule has 1 N–H and O–H groups in total. The largest absolute Gasteiger partial charge is 0.445 e. The molecule has 2 aromatic carbocycles. The summed E-state index contributed by atoms with van der Waals surface area (Å²) in [4.78, 5) is 28.0. The Morgan fingerprint density at radius 1 is 0.720 bits per heavy atom. The number of carbonyl (C=O) groups is 2. The number of aliphatic hydroxyl groups is 1. The molecule has 4 aliphatic heterocycles. The summed E-state index contributed by atoms with van der Waals surface area (Å²) in [5.74, 6) is -0.635. The van der Waals surface area contributed by atoms with Crippen molar-refractivity contribution in [2.24, 2.45) is 11.8 Å². The predicted molar refractivity (Wildman–Crippen MR) is 190 cm³/mol. The Bertz CT molecular complexity index is 1190. The third-order valence-corrected chi connectivity index (χ3v) is 9.22. The van der Waals surface area contributed by atoms with Crippen LogP contribution in [0.3, 0.4) is 0 Å². The predicted octanol–water partition coefficient (Wildman–Crippen LogP) is 6.77. The zero-order valence-electron chi connectivity index (χ0n) is 27.9. The van der Waals surface area contributed by atoms with Gasteiger partial charge in [0.15, 0.2) is 15.9 Å². The Morgan fingerprint density at radius 3 is 1.46 bits per heavy atom. The SMILES string of the molecule is ClC(Cl)Cl.O=C(OCc1ccccc1)N1CCC2(OCCO2)C(CCCl)C1.O=C(OCc1ccccc1)N1CCC2(OCCO2)C(CCO)C1. The lowest BCUT2D eigenvalue weighted by molar-refractivity contribution is -0.221. The maximum atomic E-state index is 12.3. The lowest BCUT2D eigenvalue weighted by Gasteiger charge is -2.43. The van der Waals surface area contributed by atoms with Crippen molar-refractivity contribution in [3.63, 3.8) is 0 Å². The molecule has 4 heterocycles. The highest BCUT2D eigenvalue weighted by molar-refractivity contribution is 6.63. The molecule has 2 spiro atoms. The fourth-order valence-corrected chi connectivity index (χ4v) is 6.81. The minimum atomic E-state index is -0.750. The molecule has 15 heteroatoms. The van der Waals surface area contributed by atoms with Gasteiger partial charge in [0.1, 0.15) is 13.2 Å². The molecule has 0 aromatic heterocycles. The van der Waals surface area contributed by atoms with Crippen LogP contribution in [-0.4, -0.2) is 108 Å². The minimum Gasteiger partial charge on any atom is -0.445 e. The second kappa shape index (κ2) is 20.8. The first kappa shape index (κ1) is 40.7. The summed E-state index contributed by atoms with van der Waals surface area (Å²) in [6.45, 7) is 5.10. The lowest BCUT2D eigenvalue weighted by Crippen LogP contribution is -2.54. The smallest absolute Gasteiger partial charge is 0.410 e. The average molecular weight is 781 g/mol. The number of nitrogens with zero attached hydrogens (tertiary/aromatic N) is 2. The molecule has 50 heavy (non-hydrogen) atoms. The number of alkyl halides is 4. The summed E-state index contributed by atoms with van der Waals surface area (Å²) in [5.41, 5.74) is 1.94. The summed E-state index contributed by atoms with van der Waals surface area (Å²) in [7, 11) is 0. The molecule has 0 saturated carbocycles. The van der Waals surface area contributed by atoms with E-state index in [1.807, 2.05) is 60.7 Å². The van der Waals surface area contributed by atoms with Crippen LogP contribution < -0.4 is 0 Å². The molecular formula is C35H46Cl4N2O9. The summed E-state index contributed by atoms with van der Waals surface area (Å²) in [5, 5.41) is 9.29. The van der Waals surface area contributed by atoms with Gasteiger partial charge in [-0.2, -0.15) is 0 Å². The van der Waals surface area contributed by atoms with Crippen LogP contribution in [0, 0.1) is 11.8 Å². The molecule has 0 radical (unpaired) electrons. The Balaban J connectivity index is 0.000000203. The van der Waals surface area contributed by atoms with Crippen LogP contribution in [0.5, 0.6) is 0 Å². The number of benzene rings is 2. The number of halogens is 4. The van der Waals surface area contributed by atoms with Gasteiger partial charge in [0, 0.05) is 63.3 Å². The van der Waals surface area contributed by atoms with Crippen LogP contribution in [0.1, 0.15) is 36.8 Å². The standard InChI is InChI=1S/C17H22ClNO4.C17H23NO5.CHCl3/c18-8-6-15-12-19(9-7-17(15)22-10-11-23-17)16(20)21-13-14-4-2-1-3-5-14;19-9-6-15-12-18(8-7-17(15)22-10-11-23-17)16(20)21-13-14-4-2-1-3-5-14;2-1(3)4/h1-5,15H,6-13H2;1-5,15,19H,6-13H2;1H. The van der Waals surface area contributed by atoms with Crippen molar-refractivity contribution in [2.45, 2.75) is 54.8 Å². The molecule has 11 nitrogen and oxygen atoms in total. The normalized spacial score (nSPS) is 22.0. The molecule has 2 atom stereocenters. The van der Waals surface area contributed by atoms with E-state index >= 15 is 0 Å². The number of likely N-dealkylation sites (tertiary alicyclic amines) is 2. The monoisotopic (exact) mass is 778 g/mol. The second-order valence-corrected chi connectivity index (χ2v) is 14.5. The van der Waals surface area contributed by atoms with Crippen molar-refractivity contribution in [2.75, 3.05) is 65.1 Å². The summed E-state index contributed by atoms with van der Waals surface area (Å²) in [6, 6.07) is 19.3. The number of amides is 2. The highest BCUT2D eigenvalue weighted by atomic mass is 35.6. The Hall–Kier alpha value is -2.06. The van der Waals surface area contributed by atoms with Crippen LogP contribution in [0.15, 0.2) is 60.7 Å². The van der Waals surface area contributed by atoms with E-state index in [1.54, 1.807) is 9.80 Å². The van der Waals surface area contributed by atoms with E-state index < -0.39 is 15.9 Å². The number of hydrogen-bond acceptors (Lipinski definition) is 9. The lowest BCUT2D eigenvalue weighted by atomic mass is 9.88. The van der Waals surface area contributed by atoms with Gasteiger partial charge in [-0.1, -0.05) is 95.5 Å². The third-order valence-electron chi connectivity index (χ3n) is 9.00. The molecule has 0 aliphatic carbocycles. The first-order chi connectivity index (χ1) is 24.2. The van der Waals surface area contributed by atoms with Crippen molar-refractivity contribution in [1.82, 2.24) is 9.80 Å². The number of hydrogen-bond donors (Lipinski definition) is 1. The van der Waals surface area contributed by atoms with Gasteiger partial charge < -0.3 is 43.3 Å². The maximum absolute atomic E-state index is 12.3. The molecule has 2 amide bonds. The summed E-state index contributed by atoms with van der Waals surface area (Å²) < 4.78 is 33.3. The molecule has 6 rings (SSSR count). The van der Waals surface area contributed by atoms with Crippen LogP contribution in [0.2, 0.25) is 0 Å². The number of rotatable bonds is 8. The molecule has 2 aromatic rings. The van der Waals surface area contributed by atoms with Crippen molar-refractivity contribution < 1.29 is 43.1 Å². The molecule has 4 aliphatic rings. The molecule has 0 bridgehead atoms. The minimum absolute atomic E-state index is 0.0342. The highest BCUT2D eigenvalue weighted by Gasteiger charge is 2.49. The molecule has 278 valence electrons. The van der Waals surface area contributed by atoms with E-state index in [9.17, 15) is 14.7 Å². The van der Waals surface area contributed by atoms with E-state index in [1.165, 1.54) is 0 Å². The van der Waals surface area contributed by atoms with Crippen LogP contribution >= 0.6 is 46.4 Å². The fraction of sp³-hybridized carbons (Fsp3) is 0.600. The van der Waals surface area contributed by atoms with Gasteiger partial charge in [-0.05, 0) is 24.0 Å². The Morgan fingerprint density at radius 2 is 1.10 bits per heavy atom. The van der Waals surface area contributed by atoms with Crippen LogP contribution in [-0.2, 0) is 41.6 Å². The number of carbonyl (C=O) groups excluding carboxylic acids is 2. The van der Waals surface area contributed by atoms with E-state index in [2.05, 4.69) is 0 Å². The van der Waals surface area contributed by atoms with Crippen LogP contribution in [0.4, 0.5) is 9.59 Å². The fourth-order valence-electron chi connectivity index (χ4n) is 6.55. The highest BCUT2D eigenvalue weighted by Crippen LogP contribution is 2.39. The van der Waals surface area contributed by atoms with E-state index in [0.29, 0.717) is 77.7 Å². The molecule has 2 unspecified atom stereocenters. The number of ether oxygens (including phenoxy) is 6. The van der Waals surface area contributed by atoms with Gasteiger partial charge in [-0.25, -0.2) is 9.59 Å². The van der Waals surface area contributed by atoms with E-state index in [0.717, 1.165) is 17.5 Å². The van der Waals surface area contributed by atoms with Crippen molar-refractivity contribution in [1.29, 1.82) is 0 Å². The van der Waals surface area contributed by atoms with Crippen molar-refractivity contribution in [3.05, 3.63) is 71.8 Å². The second-order valence-electron chi connectivity index (χ2n) is 12.1. The van der Waals surface area contributed by atoms with E-state index in [-0.39, 0.29) is 43.8 Å². The first-order valence-corrected chi connectivity index (χ1v) is 18.6. The van der Waals surface area contributed by atoms with Gasteiger partial charge in [-0.3, -0.25) is 0 Å².